The Morgan fingerprint density at radius 3 is 2.13 bits per heavy atom. The fraction of sp³-hybridized carbons (Fsp3) is 0.312. The van der Waals surface area contributed by atoms with Gasteiger partial charge in [-0.15, -0.1) is 0 Å². The molecule has 120 valence electrons. The molecule has 2 amide bonds. The van der Waals surface area contributed by atoms with Crippen LogP contribution < -0.4 is 0 Å². The molecule has 1 N–H and O–H groups in total. The van der Waals surface area contributed by atoms with Crippen LogP contribution in [0.25, 0.3) is 0 Å². The van der Waals surface area contributed by atoms with Gasteiger partial charge in [0.15, 0.2) is 0 Å². The number of amides is 2. The highest BCUT2D eigenvalue weighted by atomic mass is 35.5. The van der Waals surface area contributed by atoms with Gasteiger partial charge in [-0.25, -0.2) is 0 Å². The van der Waals surface area contributed by atoms with Crippen molar-refractivity contribution in [2.24, 2.45) is 0 Å². The maximum Gasteiger partial charge on any atom is 0.274 e. The summed E-state index contributed by atoms with van der Waals surface area (Å²) in [5, 5.41) is 7.36. The van der Waals surface area contributed by atoms with Crippen molar-refractivity contribution in [1.29, 1.82) is 0 Å². The van der Waals surface area contributed by atoms with Gasteiger partial charge in [0.05, 0.1) is 0 Å². The molecule has 0 bridgehead atoms. The van der Waals surface area contributed by atoms with Crippen molar-refractivity contribution < 1.29 is 9.59 Å². The standard InChI is InChI=1S/C16H17ClN4O2/c1-11-10-14(19-18-11)16(23)21-8-6-20(7-9-21)15(22)12-2-4-13(17)5-3-12/h2-5,10H,6-9H2,1H3,(H,18,19). The van der Waals surface area contributed by atoms with Crippen LogP contribution in [0.4, 0.5) is 0 Å². The number of benzene rings is 1. The van der Waals surface area contributed by atoms with Gasteiger partial charge < -0.3 is 9.80 Å². The maximum absolute atomic E-state index is 12.4. The molecule has 1 aromatic carbocycles. The highest BCUT2D eigenvalue weighted by Gasteiger charge is 2.26. The number of hydrogen-bond donors (Lipinski definition) is 1. The summed E-state index contributed by atoms with van der Waals surface area (Å²) in [6.45, 7) is 3.88. The van der Waals surface area contributed by atoms with E-state index in [4.69, 9.17) is 11.6 Å². The highest BCUT2D eigenvalue weighted by Crippen LogP contribution is 2.14. The predicted octanol–water partition coefficient (Wildman–Crippen LogP) is 1.97. The van der Waals surface area contributed by atoms with Crippen LogP contribution in [0.3, 0.4) is 0 Å². The SMILES string of the molecule is Cc1cc(C(=O)N2CCN(C(=O)c3ccc(Cl)cc3)CC2)n[nH]1. The van der Waals surface area contributed by atoms with Gasteiger partial charge >= 0.3 is 0 Å². The molecular formula is C16H17ClN4O2. The molecule has 2 aromatic rings. The number of carbonyl (C=O) groups excluding carboxylic acids is 2. The van der Waals surface area contributed by atoms with Crippen LogP contribution in [0, 0.1) is 6.92 Å². The summed E-state index contributed by atoms with van der Waals surface area (Å²) in [4.78, 5) is 28.2. The predicted molar refractivity (Wildman–Crippen MR) is 86.6 cm³/mol. The minimum Gasteiger partial charge on any atom is -0.335 e. The zero-order valence-electron chi connectivity index (χ0n) is 12.8. The van der Waals surface area contributed by atoms with Gasteiger partial charge in [0.1, 0.15) is 5.69 Å². The van der Waals surface area contributed by atoms with Crippen LogP contribution in [-0.4, -0.2) is 58.0 Å². The molecule has 0 radical (unpaired) electrons. The van der Waals surface area contributed by atoms with Crippen molar-refractivity contribution in [3.05, 3.63) is 52.3 Å². The molecule has 1 aliphatic heterocycles. The van der Waals surface area contributed by atoms with Gasteiger partial charge in [0.2, 0.25) is 0 Å². The Morgan fingerprint density at radius 2 is 1.61 bits per heavy atom. The van der Waals surface area contributed by atoms with Gasteiger partial charge in [-0.2, -0.15) is 5.10 Å². The van der Waals surface area contributed by atoms with Crippen LogP contribution in [0.2, 0.25) is 5.02 Å². The van der Waals surface area contributed by atoms with Crippen molar-refractivity contribution in [2.45, 2.75) is 6.92 Å². The van der Waals surface area contributed by atoms with E-state index in [1.54, 1.807) is 40.1 Å². The maximum atomic E-state index is 12.4. The number of carbonyl (C=O) groups is 2. The number of aromatic nitrogens is 2. The van der Waals surface area contributed by atoms with Crippen LogP contribution in [0.1, 0.15) is 26.5 Å². The summed E-state index contributed by atoms with van der Waals surface area (Å²) in [7, 11) is 0. The second-order valence-corrected chi connectivity index (χ2v) is 5.96. The number of aryl methyl sites for hydroxylation is 1. The first-order valence-electron chi connectivity index (χ1n) is 7.41. The van der Waals surface area contributed by atoms with Crippen LogP contribution >= 0.6 is 11.6 Å². The third kappa shape index (κ3) is 3.37. The molecule has 2 heterocycles. The lowest BCUT2D eigenvalue weighted by molar-refractivity contribution is 0.0532. The lowest BCUT2D eigenvalue weighted by Crippen LogP contribution is -2.50. The second kappa shape index (κ2) is 6.42. The molecule has 0 aliphatic carbocycles. The smallest absolute Gasteiger partial charge is 0.274 e. The molecule has 1 aliphatic rings. The number of nitrogens with one attached hydrogen (secondary N) is 1. The Kier molecular flexibility index (Phi) is 4.34. The molecule has 23 heavy (non-hydrogen) atoms. The molecule has 6 nitrogen and oxygen atoms in total. The zero-order valence-corrected chi connectivity index (χ0v) is 13.5. The fourth-order valence-corrected chi connectivity index (χ4v) is 2.70. The quantitative estimate of drug-likeness (QED) is 0.914. The number of piperazine rings is 1. The lowest BCUT2D eigenvalue weighted by Gasteiger charge is -2.34. The first-order valence-corrected chi connectivity index (χ1v) is 7.78. The summed E-state index contributed by atoms with van der Waals surface area (Å²) in [6.07, 6.45) is 0. The fourth-order valence-electron chi connectivity index (χ4n) is 2.58. The van der Waals surface area contributed by atoms with Crippen molar-refractivity contribution in [1.82, 2.24) is 20.0 Å². The molecule has 7 heteroatoms. The summed E-state index contributed by atoms with van der Waals surface area (Å²) < 4.78 is 0. The van der Waals surface area contributed by atoms with E-state index in [0.29, 0.717) is 42.5 Å². The topological polar surface area (TPSA) is 69.3 Å². The second-order valence-electron chi connectivity index (χ2n) is 5.53. The van der Waals surface area contributed by atoms with E-state index in [-0.39, 0.29) is 11.8 Å². The largest absolute Gasteiger partial charge is 0.335 e. The Bertz CT molecular complexity index is 718. The van der Waals surface area contributed by atoms with Gasteiger partial charge in [-0.3, -0.25) is 14.7 Å². The summed E-state index contributed by atoms with van der Waals surface area (Å²) in [6, 6.07) is 8.57. The number of nitrogens with zero attached hydrogens (tertiary/aromatic N) is 3. The molecule has 3 rings (SSSR count). The number of H-pyrrole nitrogens is 1. The molecule has 0 saturated carbocycles. The van der Waals surface area contributed by atoms with Crippen LogP contribution in [0.5, 0.6) is 0 Å². The first kappa shape index (κ1) is 15.6. The van der Waals surface area contributed by atoms with E-state index in [0.717, 1.165) is 5.69 Å². The summed E-state index contributed by atoms with van der Waals surface area (Å²) in [5.41, 5.74) is 1.88. The van der Waals surface area contributed by atoms with E-state index in [1.165, 1.54) is 0 Å². The van der Waals surface area contributed by atoms with Gasteiger partial charge in [-0.1, -0.05) is 11.6 Å². The Labute approximate surface area is 139 Å². The number of rotatable bonds is 2. The molecule has 1 fully saturated rings. The van der Waals surface area contributed by atoms with Crippen molar-refractivity contribution in [3.8, 4) is 0 Å². The van der Waals surface area contributed by atoms with Gasteiger partial charge in [0, 0.05) is 42.5 Å². The third-order valence-corrected chi connectivity index (χ3v) is 4.12. The Morgan fingerprint density at radius 1 is 1.04 bits per heavy atom. The third-order valence-electron chi connectivity index (χ3n) is 3.87. The number of aromatic amines is 1. The highest BCUT2D eigenvalue weighted by molar-refractivity contribution is 6.30. The van der Waals surface area contributed by atoms with E-state index in [9.17, 15) is 9.59 Å². The zero-order chi connectivity index (χ0) is 16.4. The van der Waals surface area contributed by atoms with Crippen molar-refractivity contribution >= 4 is 23.4 Å². The first-order chi connectivity index (χ1) is 11.0. The Balaban J connectivity index is 1.61. The van der Waals surface area contributed by atoms with Gasteiger partial charge in [0.25, 0.3) is 11.8 Å². The van der Waals surface area contributed by atoms with E-state index in [2.05, 4.69) is 10.2 Å². The van der Waals surface area contributed by atoms with E-state index >= 15 is 0 Å². The normalized spacial score (nSPS) is 14.9. The minimum absolute atomic E-state index is 0.0376. The summed E-state index contributed by atoms with van der Waals surface area (Å²) >= 11 is 5.84. The lowest BCUT2D eigenvalue weighted by atomic mass is 10.2. The Hall–Kier alpha value is -2.34. The minimum atomic E-state index is -0.104. The molecule has 0 atom stereocenters. The van der Waals surface area contributed by atoms with Crippen molar-refractivity contribution in [2.75, 3.05) is 26.2 Å². The average Bonchev–Trinajstić information content (AvgIpc) is 3.01. The monoisotopic (exact) mass is 332 g/mol. The molecule has 1 saturated heterocycles. The van der Waals surface area contributed by atoms with E-state index in [1.807, 2.05) is 6.92 Å². The molecule has 1 aromatic heterocycles. The van der Waals surface area contributed by atoms with Gasteiger partial charge in [-0.05, 0) is 37.3 Å². The average molecular weight is 333 g/mol. The van der Waals surface area contributed by atoms with Crippen LogP contribution in [-0.2, 0) is 0 Å². The van der Waals surface area contributed by atoms with Crippen molar-refractivity contribution in [3.63, 3.8) is 0 Å². The number of hydrogen-bond acceptors (Lipinski definition) is 3. The van der Waals surface area contributed by atoms with E-state index < -0.39 is 0 Å². The molecular weight excluding hydrogens is 316 g/mol. The molecule has 0 spiro atoms. The number of halogens is 1. The van der Waals surface area contributed by atoms with Crippen LogP contribution in [0.15, 0.2) is 30.3 Å². The summed E-state index contributed by atoms with van der Waals surface area (Å²) in [5.74, 6) is -0.141. The molecule has 0 unspecified atom stereocenters.